The van der Waals surface area contributed by atoms with Crippen LogP contribution in [0.1, 0.15) is 17.3 Å². The summed E-state index contributed by atoms with van der Waals surface area (Å²) in [5.74, 6) is 0.846. The average Bonchev–Trinajstić information content (AvgIpc) is 2.75. The molecule has 0 aliphatic heterocycles. The molecule has 17 heavy (non-hydrogen) atoms. The molecular weight excluding hydrogens is 214 g/mol. The Hall–Kier alpha value is -1.81. The highest BCUT2D eigenvalue weighted by atomic mass is 16.5. The van der Waals surface area contributed by atoms with E-state index in [1.54, 1.807) is 11.8 Å². The Morgan fingerprint density at radius 1 is 1.29 bits per heavy atom. The number of nitrogens with two attached hydrogens (primary N) is 1. The third-order valence-corrected chi connectivity index (χ3v) is 2.74. The normalized spacial score (nSPS) is 12.4. The molecule has 1 atom stereocenters. The van der Waals surface area contributed by atoms with Crippen LogP contribution in [0.3, 0.4) is 0 Å². The molecule has 0 radical (unpaired) electrons. The zero-order valence-corrected chi connectivity index (χ0v) is 10.1. The topological polar surface area (TPSA) is 53.1 Å². The summed E-state index contributed by atoms with van der Waals surface area (Å²) in [7, 11) is 3.56. The van der Waals surface area contributed by atoms with Crippen LogP contribution in [-0.4, -0.2) is 16.9 Å². The molecule has 2 rings (SSSR count). The number of aryl methyl sites for hydroxylation is 1. The second-order valence-electron chi connectivity index (χ2n) is 4.06. The van der Waals surface area contributed by atoms with Gasteiger partial charge in [-0.2, -0.15) is 5.10 Å². The summed E-state index contributed by atoms with van der Waals surface area (Å²) in [6.07, 6.45) is 2.67. The molecule has 0 aliphatic rings. The number of hydrogen-bond acceptors (Lipinski definition) is 3. The first-order valence-electron chi connectivity index (χ1n) is 5.57. The number of rotatable bonds is 4. The van der Waals surface area contributed by atoms with Crippen LogP contribution in [-0.2, 0) is 13.5 Å². The van der Waals surface area contributed by atoms with Crippen molar-refractivity contribution in [2.24, 2.45) is 12.8 Å². The maximum Gasteiger partial charge on any atom is 0.118 e. The van der Waals surface area contributed by atoms with Gasteiger partial charge in [0.2, 0.25) is 0 Å². The number of nitrogens with zero attached hydrogens (tertiary/aromatic N) is 2. The fourth-order valence-electron chi connectivity index (χ4n) is 1.77. The van der Waals surface area contributed by atoms with Gasteiger partial charge < -0.3 is 10.5 Å². The first-order chi connectivity index (χ1) is 8.19. The predicted octanol–water partition coefficient (Wildman–Crippen LogP) is 1.67. The summed E-state index contributed by atoms with van der Waals surface area (Å²) in [5, 5.41) is 4.32. The Morgan fingerprint density at radius 3 is 2.53 bits per heavy atom. The highest BCUT2D eigenvalue weighted by molar-refractivity contribution is 5.29. The molecule has 4 heteroatoms. The van der Waals surface area contributed by atoms with Gasteiger partial charge in [0.05, 0.1) is 12.8 Å². The van der Waals surface area contributed by atoms with E-state index < -0.39 is 0 Å². The lowest BCUT2D eigenvalue weighted by atomic mass is 10.0. The Bertz CT molecular complexity index is 476. The van der Waals surface area contributed by atoms with E-state index in [-0.39, 0.29) is 6.04 Å². The third kappa shape index (κ3) is 2.85. The molecule has 2 N–H and O–H groups in total. The third-order valence-electron chi connectivity index (χ3n) is 2.74. The molecule has 1 unspecified atom stereocenters. The van der Waals surface area contributed by atoms with Crippen molar-refractivity contribution in [3.05, 3.63) is 47.8 Å². The maximum atomic E-state index is 6.14. The summed E-state index contributed by atoms with van der Waals surface area (Å²) in [6.45, 7) is 0. The Labute approximate surface area is 101 Å². The Morgan fingerprint density at radius 2 is 2.00 bits per heavy atom. The monoisotopic (exact) mass is 231 g/mol. The van der Waals surface area contributed by atoms with Gasteiger partial charge in [0, 0.05) is 25.7 Å². The number of benzene rings is 1. The number of aromatic nitrogens is 2. The van der Waals surface area contributed by atoms with Crippen LogP contribution in [0.25, 0.3) is 0 Å². The van der Waals surface area contributed by atoms with E-state index in [0.29, 0.717) is 0 Å². The average molecular weight is 231 g/mol. The van der Waals surface area contributed by atoms with Crippen molar-refractivity contribution in [3.63, 3.8) is 0 Å². The molecular formula is C13H17N3O. The van der Waals surface area contributed by atoms with Crippen molar-refractivity contribution in [1.82, 2.24) is 9.78 Å². The molecule has 0 amide bonds. The van der Waals surface area contributed by atoms with E-state index in [4.69, 9.17) is 10.5 Å². The van der Waals surface area contributed by atoms with Gasteiger partial charge in [-0.05, 0) is 23.8 Å². The van der Waals surface area contributed by atoms with Gasteiger partial charge >= 0.3 is 0 Å². The van der Waals surface area contributed by atoms with E-state index in [9.17, 15) is 0 Å². The zero-order valence-electron chi connectivity index (χ0n) is 10.1. The first kappa shape index (κ1) is 11.7. The largest absolute Gasteiger partial charge is 0.497 e. The lowest BCUT2D eigenvalue weighted by Gasteiger charge is -2.11. The first-order valence-corrected chi connectivity index (χ1v) is 5.57. The second kappa shape index (κ2) is 5.01. The molecule has 0 saturated heterocycles. The van der Waals surface area contributed by atoms with Gasteiger partial charge in [0.25, 0.3) is 0 Å². The quantitative estimate of drug-likeness (QED) is 0.870. The van der Waals surface area contributed by atoms with Gasteiger partial charge in [0.1, 0.15) is 5.75 Å². The minimum absolute atomic E-state index is 0.0317. The molecule has 4 nitrogen and oxygen atoms in total. The van der Waals surface area contributed by atoms with Crippen LogP contribution >= 0.6 is 0 Å². The highest BCUT2D eigenvalue weighted by Gasteiger charge is 2.08. The fourth-order valence-corrected chi connectivity index (χ4v) is 1.77. The van der Waals surface area contributed by atoms with E-state index >= 15 is 0 Å². The maximum absolute atomic E-state index is 6.14. The van der Waals surface area contributed by atoms with Crippen LogP contribution in [0.5, 0.6) is 5.75 Å². The minimum Gasteiger partial charge on any atom is -0.497 e. The smallest absolute Gasteiger partial charge is 0.118 e. The van der Waals surface area contributed by atoms with Crippen LogP contribution < -0.4 is 10.5 Å². The fraction of sp³-hybridized carbons (Fsp3) is 0.308. The number of methoxy groups -OCH3 is 1. The summed E-state index contributed by atoms with van der Waals surface area (Å²) >= 11 is 0. The molecule has 90 valence electrons. The SMILES string of the molecule is COc1ccc(C(N)Cc2ccn(C)n2)cc1. The van der Waals surface area contributed by atoms with Crippen LogP contribution in [0, 0.1) is 0 Å². The Balaban J connectivity index is 2.06. The van der Waals surface area contributed by atoms with E-state index in [1.165, 1.54) is 0 Å². The molecule has 1 aromatic heterocycles. The van der Waals surface area contributed by atoms with Crippen molar-refractivity contribution < 1.29 is 4.74 Å². The molecule has 1 aromatic carbocycles. The van der Waals surface area contributed by atoms with Crippen LogP contribution in [0.15, 0.2) is 36.5 Å². The number of ether oxygens (including phenoxy) is 1. The summed E-state index contributed by atoms with van der Waals surface area (Å²) in [5.41, 5.74) is 8.24. The molecule has 1 heterocycles. The molecule has 0 fully saturated rings. The van der Waals surface area contributed by atoms with Gasteiger partial charge in [0.15, 0.2) is 0 Å². The summed E-state index contributed by atoms with van der Waals surface area (Å²) in [4.78, 5) is 0. The van der Waals surface area contributed by atoms with Gasteiger partial charge in [-0.3, -0.25) is 4.68 Å². The van der Waals surface area contributed by atoms with Crippen molar-refractivity contribution in [1.29, 1.82) is 0 Å². The van der Waals surface area contributed by atoms with Gasteiger partial charge in [-0.25, -0.2) is 0 Å². The van der Waals surface area contributed by atoms with E-state index in [0.717, 1.165) is 23.4 Å². The van der Waals surface area contributed by atoms with Crippen molar-refractivity contribution in [3.8, 4) is 5.75 Å². The van der Waals surface area contributed by atoms with Crippen molar-refractivity contribution in [2.45, 2.75) is 12.5 Å². The van der Waals surface area contributed by atoms with Crippen molar-refractivity contribution in [2.75, 3.05) is 7.11 Å². The highest BCUT2D eigenvalue weighted by Crippen LogP contribution is 2.18. The van der Waals surface area contributed by atoms with Gasteiger partial charge in [-0.1, -0.05) is 12.1 Å². The lowest BCUT2D eigenvalue weighted by molar-refractivity contribution is 0.414. The van der Waals surface area contributed by atoms with Crippen LogP contribution in [0.4, 0.5) is 0 Å². The second-order valence-corrected chi connectivity index (χ2v) is 4.06. The standard InChI is InChI=1S/C13H17N3O/c1-16-8-7-11(15-16)9-13(14)10-3-5-12(17-2)6-4-10/h3-8,13H,9,14H2,1-2H3. The molecule has 0 saturated carbocycles. The minimum atomic E-state index is -0.0317. The Kier molecular flexibility index (Phi) is 3.44. The summed E-state index contributed by atoms with van der Waals surface area (Å²) < 4.78 is 6.90. The lowest BCUT2D eigenvalue weighted by Crippen LogP contribution is -2.13. The number of hydrogen-bond donors (Lipinski definition) is 1. The molecule has 0 aliphatic carbocycles. The zero-order chi connectivity index (χ0) is 12.3. The summed E-state index contributed by atoms with van der Waals surface area (Å²) in [6, 6.07) is 9.79. The molecule has 2 aromatic rings. The van der Waals surface area contributed by atoms with E-state index in [1.807, 2.05) is 43.6 Å². The molecule has 0 spiro atoms. The van der Waals surface area contributed by atoms with Gasteiger partial charge in [-0.15, -0.1) is 0 Å². The van der Waals surface area contributed by atoms with E-state index in [2.05, 4.69) is 5.10 Å². The molecule has 0 bridgehead atoms. The predicted molar refractivity (Wildman–Crippen MR) is 66.8 cm³/mol. The van der Waals surface area contributed by atoms with Crippen LogP contribution in [0.2, 0.25) is 0 Å². The van der Waals surface area contributed by atoms with Crippen molar-refractivity contribution >= 4 is 0 Å².